The molecule has 1 aliphatic heterocycles. The number of aliphatic carboxylic acids is 1. The lowest BCUT2D eigenvalue weighted by Crippen LogP contribution is -2.60. The summed E-state index contributed by atoms with van der Waals surface area (Å²) in [5.41, 5.74) is 1.06. The van der Waals surface area contributed by atoms with Crippen LogP contribution in [0.15, 0.2) is 24.3 Å². The Labute approximate surface area is 147 Å². The fourth-order valence-electron chi connectivity index (χ4n) is 2.97. The van der Waals surface area contributed by atoms with Gasteiger partial charge in [0.15, 0.2) is 0 Å². The SMILES string of the molecule is CC[C@H](C)[C@H](NC(=O)N1c2ccccc2NC(=O)[C@@H]1C(C)C)C(=O)[O-]. The van der Waals surface area contributed by atoms with Crippen molar-refractivity contribution in [3.8, 4) is 0 Å². The Kier molecular flexibility index (Phi) is 5.66. The molecule has 0 saturated carbocycles. The van der Waals surface area contributed by atoms with Crippen molar-refractivity contribution in [1.82, 2.24) is 5.32 Å². The molecule has 1 aliphatic rings. The number of benzene rings is 1. The molecule has 2 N–H and O–H groups in total. The summed E-state index contributed by atoms with van der Waals surface area (Å²) in [5.74, 6) is -2.07. The number of fused-ring (bicyclic) bond motifs is 1. The monoisotopic (exact) mass is 346 g/mol. The van der Waals surface area contributed by atoms with Crippen LogP contribution in [0.3, 0.4) is 0 Å². The second-order valence-electron chi connectivity index (χ2n) is 6.70. The van der Waals surface area contributed by atoms with E-state index in [1.165, 1.54) is 4.90 Å². The van der Waals surface area contributed by atoms with Crippen molar-refractivity contribution < 1.29 is 19.5 Å². The third kappa shape index (κ3) is 3.75. The average Bonchev–Trinajstić information content (AvgIpc) is 2.56. The quantitative estimate of drug-likeness (QED) is 0.840. The molecule has 0 fully saturated rings. The Morgan fingerprint density at radius 1 is 1.28 bits per heavy atom. The van der Waals surface area contributed by atoms with Crippen LogP contribution in [0.1, 0.15) is 34.1 Å². The lowest BCUT2D eigenvalue weighted by atomic mass is 9.97. The van der Waals surface area contributed by atoms with E-state index in [0.29, 0.717) is 17.8 Å². The first-order valence-electron chi connectivity index (χ1n) is 8.48. The zero-order valence-corrected chi connectivity index (χ0v) is 14.9. The van der Waals surface area contributed by atoms with E-state index in [1.807, 2.05) is 20.8 Å². The number of para-hydroxylation sites is 2. The number of anilines is 2. The summed E-state index contributed by atoms with van der Waals surface area (Å²) < 4.78 is 0. The predicted octanol–water partition coefficient (Wildman–Crippen LogP) is 1.34. The van der Waals surface area contributed by atoms with Gasteiger partial charge in [-0.25, -0.2) is 4.79 Å². The summed E-state index contributed by atoms with van der Waals surface area (Å²) in [7, 11) is 0. The molecule has 0 aromatic heterocycles. The molecule has 1 heterocycles. The largest absolute Gasteiger partial charge is 0.548 e. The number of carbonyl (C=O) groups excluding carboxylic acids is 3. The molecular formula is C18H24N3O4-. The first-order chi connectivity index (χ1) is 11.8. The zero-order valence-electron chi connectivity index (χ0n) is 14.9. The lowest BCUT2D eigenvalue weighted by Gasteiger charge is -2.39. The third-order valence-electron chi connectivity index (χ3n) is 4.56. The number of nitrogens with zero attached hydrogens (tertiary/aromatic N) is 1. The van der Waals surface area contributed by atoms with Gasteiger partial charge in [0.2, 0.25) is 5.91 Å². The maximum atomic E-state index is 12.9. The molecule has 0 bridgehead atoms. The van der Waals surface area contributed by atoms with Crippen molar-refractivity contribution in [1.29, 1.82) is 0 Å². The van der Waals surface area contributed by atoms with Crippen LogP contribution in [-0.4, -0.2) is 30.0 Å². The highest BCUT2D eigenvalue weighted by atomic mass is 16.4. The van der Waals surface area contributed by atoms with E-state index in [-0.39, 0.29) is 17.7 Å². The van der Waals surface area contributed by atoms with Crippen molar-refractivity contribution in [3.05, 3.63) is 24.3 Å². The van der Waals surface area contributed by atoms with Gasteiger partial charge >= 0.3 is 6.03 Å². The summed E-state index contributed by atoms with van der Waals surface area (Å²) >= 11 is 0. The van der Waals surface area contributed by atoms with Gasteiger partial charge in [-0.1, -0.05) is 46.2 Å². The number of carbonyl (C=O) groups is 3. The summed E-state index contributed by atoms with van der Waals surface area (Å²) in [5, 5.41) is 16.7. The third-order valence-corrected chi connectivity index (χ3v) is 4.56. The van der Waals surface area contributed by atoms with Crippen LogP contribution in [0.2, 0.25) is 0 Å². The topological polar surface area (TPSA) is 102 Å². The van der Waals surface area contributed by atoms with Gasteiger partial charge in [-0.2, -0.15) is 0 Å². The van der Waals surface area contributed by atoms with Gasteiger partial charge < -0.3 is 20.5 Å². The second kappa shape index (κ2) is 7.55. The summed E-state index contributed by atoms with van der Waals surface area (Å²) in [6.45, 7) is 7.25. The summed E-state index contributed by atoms with van der Waals surface area (Å²) in [6, 6.07) is 4.48. The van der Waals surface area contributed by atoms with Crippen molar-refractivity contribution in [2.45, 2.75) is 46.2 Å². The van der Waals surface area contributed by atoms with E-state index >= 15 is 0 Å². The van der Waals surface area contributed by atoms with Gasteiger partial charge in [0.05, 0.1) is 23.4 Å². The number of hydrogen-bond donors (Lipinski definition) is 2. The van der Waals surface area contributed by atoms with Crippen molar-refractivity contribution in [3.63, 3.8) is 0 Å². The Morgan fingerprint density at radius 2 is 1.92 bits per heavy atom. The van der Waals surface area contributed by atoms with Crippen LogP contribution < -0.4 is 20.6 Å². The van der Waals surface area contributed by atoms with E-state index in [4.69, 9.17) is 0 Å². The first kappa shape index (κ1) is 18.8. The van der Waals surface area contributed by atoms with Crippen LogP contribution in [0.4, 0.5) is 16.2 Å². The molecule has 25 heavy (non-hydrogen) atoms. The zero-order chi connectivity index (χ0) is 18.7. The second-order valence-corrected chi connectivity index (χ2v) is 6.70. The van der Waals surface area contributed by atoms with E-state index in [1.54, 1.807) is 31.2 Å². The number of rotatable bonds is 5. The Bertz CT molecular complexity index is 674. The maximum absolute atomic E-state index is 12.9. The number of carboxylic acids is 1. The molecule has 1 aromatic carbocycles. The molecular weight excluding hydrogens is 322 g/mol. The molecule has 3 atom stereocenters. The first-order valence-corrected chi connectivity index (χ1v) is 8.48. The van der Waals surface area contributed by atoms with Gasteiger partial charge in [0.25, 0.3) is 0 Å². The van der Waals surface area contributed by atoms with Crippen LogP contribution >= 0.6 is 0 Å². The van der Waals surface area contributed by atoms with E-state index in [9.17, 15) is 19.5 Å². The fourth-order valence-corrected chi connectivity index (χ4v) is 2.97. The van der Waals surface area contributed by atoms with Crippen LogP contribution in [0, 0.1) is 11.8 Å². The summed E-state index contributed by atoms with van der Waals surface area (Å²) in [6.07, 6.45) is 0.573. The van der Waals surface area contributed by atoms with E-state index in [2.05, 4.69) is 10.6 Å². The highest BCUT2D eigenvalue weighted by molar-refractivity contribution is 6.12. The van der Waals surface area contributed by atoms with Crippen molar-refractivity contribution >= 4 is 29.3 Å². The van der Waals surface area contributed by atoms with Crippen LogP contribution in [-0.2, 0) is 9.59 Å². The molecule has 1 aromatic rings. The summed E-state index contributed by atoms with van der Waals surface area (Å²) in [4.78, 5) is 38.1. The number of amides is 3. The molecule has 0 unspecified atom stereocenters. The minimum atomic E-state index is -1.33. The standard InChI is InChI=1S/C18H25N3O4/c1-5-11(4)14(17(23)24)20-18(25)21-13-9-7-6-8-12(13)19-16(22)15(21)10(2)3/h6-11,14-15H,5H2,1-4H3,(H,19,22)(H,20,25)(H,23,24)/p-1/t11-,14-,15-/m0/s1. The molecule has 2 rings (SSSR count). The Hall–Kier alpha value is -2.57. The number of nitrogens with one attached hydrogen (secondary N) is 2. The maximum Gasteiger partial charge on any atom is 0.323 e. The minimum Gasteiger partial charge on any atom is -0.548 e. The predicted molar refractivity (Wildman–Crippen MR) is 93.0 cm³/mol. The van der Waals surface area contributed by atoms with Crippen molar-refractivity contribution in [2.24, 2.45) is 11.8 Å². The number of carboxylic acid groups (broad SMARTS) is 1. The molecule has 0 spiro atoms. The molecule has 0 saturated heterocycles. The van der Waals surface area contributed by atoms with Gasteiger partial charge in [-0.05, 0) is 24.0 Å². The van der Waals surface area contributed by atoms with Crippen LogP contribution in [0.5, 0.6) is 0 Å². The van der Waals surface area contributed by atoms with Gasteiger partial charge in [-0.15, -0.1) is 0 Å². The molecule has 7 heteroatoms. The van der Waals surface area contributed by atoms with Crippen LogP contribution in [0.25, 0.3) is 0 Å². The highest BCUT2D eigenvalue weighted by Gasteiger charge is 2.39. The normalized spacial score (nSPS) is 19.0. The van der Waals surface area contributed by atoms with Gasteiger partial charge in [0.1, 0.15) is 6.04 Å². The van der Waals surface area contributed by atoms with Gasteiger partial charge in [-0.3, -0.25) is 9.69 Å². The van der Waals surface area contributed by atoms with Gasteiger partial charge in [0, 0.05) is 0 Å². The fraction of sp³-hybridized carbons (Fsp3) is 0.500. The van der Waals surface area contributed by atoms with E-state index in [0.717, 1.165) is 0 Å². The van der Waals surface area contributed by atoms with Crippen molar-refractivity contribution in [2.75, 3.05) is 10.2 Å². The Morgan fingerprint density at radius 3 is 2.48 bits per heavy atom. The molecule has 0 aliphatic carbocycles. The Balaban J connectivity index is 2.40. The molecule has 0 radical (unpaired) electrons. The minimum absolute atomic E-state index is 0.149. The molecule has 136 valence electrons. The van der Waals surface area contributed by atoms with E-state index < -0.39 is 24.1 Å². The number of urea groups is 1. The number of hydrogen-bond acceptors (Lipinski definition) is 4. The smallest absolute Gasteiger partial charge is 0.323 e. The molecule has 7 nitrogen and oxygen atoms in total. The average molecular weight is 346 g/mol. The lowest BCUT2D eigenvalue weighted by molar-refractivity contribution is -0.309. The molecule has 3 amide bonds. The highest BCUT2D eigenvalue weighted by Crippen LogP contribution is 2.34.